The fraction of sp³-hybridized carbons (Fsp3) is 0.500. The SMILES string of the molecule is NCCCNC(N)=NCc1cn(CC2C(NC(=O)C(=NOC3(C(=O)O)CC3)c3csc(N)n3)C(=O)N2S(=O)(=O)O)nn1. The van der Waals surface area contributed by atoms with Gasteiger partial charge in [0, 0.05) is 24.8 Å². The van der Waals surface area contributed by atoms with Gasteiger partial charge in [-0.25, -0.2) is 23.8 Å². The maximum atomic E-state index is 13.2. The fourth-order valence-electron chi connectivity index (χ4n) is 3.77. The van der Waals surface area contributed by atoms with Gasteiger partial charge in [0.2, 0.25) is 5.60 Å². The van der Waals surface area contributed by atoms with Crippen molar-refractivity contribution in [1.29, 1.82) is 0 Å². The lowest BCUT2D eigenvalue weighted by Gasteiger charge is -2.43. The average Bonchev–Trinajstić information content (AvgIpc) is 3.38. The van der Waals surface area contributed by atoms with E-state index in [1.807, 2.05) is 0 Å². The number of hydrogen-bond acceptors (Lipinski definition) is 14. The van der Waals surface area contributed by atoms with Crippen LogP contribution in [0.4, 0.5) is 5.13 Å². The van der Waals surface area contributed by atoms with Crippen LogP contribution >= 0.6 is 11.3 Å². The predicted molar refractivity (Wildman–Crippen MR) is 145 cm³/mol. The molecule has 2 unspecified atom stereocenters. The van der Waals surface area contributed by atoms with Crippen LogP contribution in [0.5, 0.6) is 0 Å². The van der Waals surface area contributed by atoms with E-state index in [2.05, 4.69) is 36.1 Å². The van der Waals surface area contributed by atoms with Gasteiger partial charge in [-0.15, -0.1) is 16.4 Å². The lowest BCUT2D eigenvalue weighted by Crippen LogP contribution is -2.73. The second kappa shape index (κ2) is 12.2. The topological polar surface area (TPSA) is 309 Å². The molecule has 42 heavy (non-hydrogen) atoms. The summed E-state index contributed by atoms with van der Waals surface area (Å²) in [5.41, 5.74) is 15.0. The molecule has 1 saturated carbocycles. The maximum absolute atomic E-state index is 13.2. The van der Waals surface area contributed by atoms with E-state index in [1.54, 1.807) is 0 Å². The summed E-state index contributed by atoms with van der Waals surface area (Å²) >= 11 is 0.965. The number of nitrogens with zero attached hydrogens (tertiary/aromatic N) is 7. The standard InChI is InChI=1S/C20H28N12O8S2/c21-4-1-5-24-18(22)25-6-10-7-31(30-28-10)8-12-14(16(34)32(12)42(37,38)39)27-15(33)13(11-9-41-19(23)26-11)29-40-20(2-3-20)17(35)36/h7,9,12,14H,1-6,8,21H2,(H2,23,26)(H,27,33)(H,35,36)(H3,22,24,25)(H,37,38,39). The largest absolute Gasteiger partial charge is 0.478 e. The summed E-state index contributed by atoms with van der Waals surface area (Å²) in [5, 5.41) is 27.5. The Morgan fingerprint density at radius 3 is 2.67 bits per heavy atom. The number of nitrogens with two attached hydrogens (primary N) is 3. The number of oxime groups is 1. The van der Waals surface area contributed by atoms with E-state index in [9.17, 15) is 32.5 Å². The number of nitrogen functional groups attached to an aromatic ring is 1. The van der Waals surface area contributed by atoms with Crippen LogP contribution in [-0.4, -0.2) is 103 Å². The molecule has 2 fully saturated rings. The average molecular weight is 629 g/mol. The molecule has 0 radical (unpaired) electrons. The smallest absolute Gasteiger partial charge is 0.362 e. The van der Waals surface area contributed by atoms with Gasteiger partial charge in [-0.2, -0.15) is 8.42 Å². The van der Waals surface area contributed by atoms with Crippen molar-refractivity contribution in [3.05, 3.63) is 23.0 Å². The van der Waals surface area contributed by atoms with E-state index < -0.39 is 51.5 Å². The second-order valence-electron chi connectivity index (χ2n) is 9.23. The van der Waals surface area contributed by atoms with Crippen LogP contribution in [0.25, 0.3) is 0 Å². The summed E-state index contributed by atoms with van der Waals surface area (Å²) in [5.74, 6) is -3.29. The van der Waals surface area contributed by atoms with Crippen molar-refractivity contribution in [3.8, 4) is 0 Å². The lowest BCUT2D eigenvalue weighted by atomic mass is 9.98. The van der Waals surface area contributed by atoms with Crippen LogP contribution in [0.2, 0.25) is 0 Å². The molecule has 1 aliphatic heterocycles. The van der Waals surface area contributed by atoms with E-state index in [1.165, 1.54) is 16.3 Å². The predicted octanol–water partition coefficient (Wildman–Crippen LogP) is -3.39. The summed E-state index contributed by atoms with van der Waals surface area (Å²) in [6, 6.07) is -2.79. The first-order valence-electron chi connectivity index (χ1n) is 12.3. The maximum Gasteiger partial charge on any atom is 0.362 e. The minimum Gasteiger partial charge on any atom is -0.478 e. The highest BCUT2D eigenvalue weighted by molar-refractivity contribution is 7.84. The Morgan fingerprint density at radius 2 is 2.07 bits per heavy atom. The molecule has 2 aromatic heterocycles. The number of guanidine groups is 1. The number of aliphatic imine (C=N–C) groups is 1. The van der Waals surface area contributed by atoms with Crippen LogP contribution in [0, 0.1) is 0 Å². The number of β-lactam (4-membered cyclic amide) rings is 1. The van der Waals surface area contributed by atoms with Gasteiger partial charge in [0.1, 0.15) is 17.4 Å². The highest BCUT2D eigenvalue weighted by atomic mass is 32.2. The number of carbonyl (C=O) groups excluding carboxylic acids is 2. The van der Waals surface area contributed by atoms with Gasteiger partial charge in [0.05, 0.1) is 25.3 Å². The number of aliphatic carboxylic acids is 1. The van der Waals surface area contributed by atoms with Crippen molar-refractivity contribution >= 4 is 56.2 Å². The number of nitrogens with one attached hydrogen (secondary N) is 2. The van der Waals surface area contributed by atoms with Crippen LogP contribution in [0.15, 0.2) is 21.7 Å². The van der Waals surface area contributed by atoms with Gasteiger partial charge in [0.15, 0.2) is 16.8 Å². The molecule has 2 aromatic rings. The highest BCUT2D eigenvalue weighted by Crippen LogP contribution is 2.40. The van der Waals surface area contributed by atoms with Crippen molar-refractivity contribution in [2.75, 3.05) is 18.8 Å². The van der Waals surface area contributed by atoms with Crippen molar-refractivity contribution in [2.24, 2.45) is 21.6 Å². The molecular weight excluding hydrogens is 600 g/mol. The summed E-state index contributed by atoms with van der Waals surface area (Å²) in [4.78, 5) is 50.6. The molecule has 0 aromatic carbocycles. The first kappa shape index (κ1) is 30.5. The van der Waals surface area contributed by atoms with Crippen LogP contribution in [0.3, 0.4) is 0 Å². The number of carboxylic acid groups (broad SMARTS) is 1. The van der Waals surface area contributed by atoms with Gasteiger partial charge in [0.25, 0.3) is 11.8 Å². The summed E-state index contributed by atoms with van der Waals surface area (Å²) in [6.07, 6.45) is 2.43. The van der Waals surface area contributed by atoms with E-state index in [4.69, 9.17) is 22.0 Å². The zero-order chi connectivity index (χ0) is 30.7. The molecule has 22 heteroatoms. The van der Waals surface area contributed by atoms with Crippen molar-refractivity contribution < 1.29 is 37.3 Å². The Kier molecular flexibility index (Phi) is 8.89. The quantitative estimate of drug-likeness (QED) is 0.0268. The zero-order valence-corrected chi connectivity index (χ0v) is 23.4. The summed E-state index contributed by atoms with van der Waals surface area (Å²) in [6.45, 7) is 0.725. The third kappa shape index (κ3) is 6.89. The number of aromatic nitrogens is 4. The number of hydrogen-bond donors (Lipinski definition) is 7. The molecule has 0 spiro atoms. The fourth-order valence-corrected chi connectivity index (χ4v) is 5.19. The monoisotopic (exact) mass is 628 g/mol. The number of rotatable bonds is 14. The first-order valence-corrected chi connectivity index (χ1v) is 14.6. The van der Waals surface area contributed by atoms with Gasteiger partial charge >= 0.3 is 16.3 Å². The van der Waals surface area contributed by atoms with Crippen LogP contribution in [0.1, 0.15) is 30.7 Å². The minimum absolute atomic E-state index is 0.0294. The minimum atomic E-state index is -5.01. The molecule has 2 atom stereocenters. The van der Waals surface area contributed by atoms with Gasteiger partial charge in [-0.05, 0) is 13.0 Å². The Morgan fingerprint density at radius 1 is 1.33 bits per heavy atom. The molecule has 10 N–H and O–H groups in total. The van der Waals surface area contributed by atoms with E-state index in [0.717, 1.165) is 11.3 Å². The van der Waals surface area contributed by atoms with Crippen molar-refractivity contribution in [1.82, 2.24) is 34.9 Å². The molecule has 4 rings (SSSR count). The molecule has 20 nitrogen and oxygen atoms in total. The number of carboxylic acids is 1. The van der Waals surface area contributed by atoms with Gasteiger partial charge in [-0.3, -0.25) is 14.1 Å². The number of thiazole rings is 1. The number of carbonyl (C=O) groups is 3. The normalized spacial score (nSPS) is 20.1. The van der Waals surface area contributed by atoms with Crippen molar-refractivity contribution in [2.45, 2.75) is 50.0 Å². The Hall–Kier alpha value is -4.41. The van der Waals surface area contributed by atoms with Gasteiger partial charge < -0.3 is 37.8 Å². The van der Waals surface area contributed by atoms with Gasteiger partial charge in [-0.1, -0.05) is 10.4 Å². The third-order valence-electron chi connectivity index (χ3n) is 6.15. The second-order valence-corrected chi connectivity index (χ2v) is 11.4. The Labute approximate surface area is 241 Å². The molecule has 0 bridgehead atoms. The highest BCUT2D eigenvalue weighted by Gasteiger charge is 2.56. The lowest BCUT2D eigenvalue weighted by molar-refractivity contribution is -0.153. The Bertz CT molecular complexity index is 1520. The summed E-state index contributed by atoms with van der Waals surface area (Å²) in [7, 11) is -5.01. The molecule has 1 saturated heterocycles. The molecule has 228 valence electrons. The molecule has 3 heterocycles. The van der Waals surface area contributed by atoms with E-state index in [0.29, 0.717) is 25.2 Å². The van der Waals surface area contributed by atoms with E-state index >= 15 is 0 Å². The molecule has 2 aliphatic rings. The summed E-state index contributed by atoms with van der Waals surface area (Å²) < 4.78 is 34.9. The number of amides is 2. The first-order chi connectivity index (χ1) is 19.8. The number of anilines is 1. The molecular formula is C20H28N12O8S2. The Balaban J connectivity index is 1.50. The van der Waals surface area contributed by atoms with Crippen LogP contribution in [-0.2, 0) is 42.6 Å². The van der Waals surface area contributed by atoms with Crippen LogP contribution < -0.4 is 27.8 Å². The molecule has 2 amide bonds. The van der Waals surface area contributed by atoms with E-state index in [-0.39, 0.29) is 47.0 Å². The third-order valence-corrected chi connectivity index (χ3v) is 7.77. The van der Waals surface area contributed by atoms with Crippen molar-refractivity contribution in [3.63, 3.8) is 0 Å². The zero-order valence-electron chi connectivity index (χ0n) is 21.8. The molecule has 1 aliphatic carbocycles.